The summed E-state index contributed by atoms with van der Waals surface area (Å²) in [6, 6.07) is 15.9. The van der Waals surface area contributed by atoms with Gasteiger partial charge in [-0.3, -0.25) is 5.10 Å². The predicted molar refractivity (Wildman–Crippen MR) is 114 cm³/mol. The number of hydrogen-bond donors (Lipinski definition) is 3. The molecule has 0 fully saturated rings. The first-order valence-corrected chi connectivity index (χ1v) is 9.59. The van der Waals surface area contributed by atoms with E-state index in [0.717, 1.165) is 16.8 Å². The fourth-order valence-corrected chi connectivity index (χ4v) is 2.69. The Labute approximate surface area is 179 Å². The molecule has 8 nitrogen and oxygen atoms in total. The van der Waals surface area contributed by atoms with Crippen molar-refractivity contribution in [2.75, 3.05) is 0 Å². The Morgan fingerprint density at radius 2 is 1.19 bits per heavy atom. The molecule has 0 aliphatic rings. The molecule has 0 radical (unpaired) electrons. The number of nitrogens with zero attached hydrogens (tertiary/aromatic N) is 1. The number of carboxylic acid groups (broad SMARTS) is 2. The third-order valence-corrected chi connectivity index (χ3v) is 4.67. The fraction of sp³-hybridized carbons (Fsp3) is 0.261. The lowest BCUT2D eigenvalue weighted by molar-refractivity contribution is -0.152. The molecule has 2 aromatic carbocycles. The van der Waals surface area contributed by atoms with Gasteiger partial charge in [-0.05, 0) is 87.9 Å². The Bertz CT molecular complexity index is 996. The molecule has 0 saturated carbocycles. The summed E-state index contributed by atoms with van der Waals surface area (Å²) < 4.78 is 11.0. The van der Waals surface area contributed by atoms with Gasteiger partial charge in [0.2, 0.25) is 0 Å². The summed E-state index contributed by atoms with van der Waals surface area (Å²) in [4.78, 5) is 22.4. The lowest BCUT2D eigenvalue weighted by Crippen LogP contribution is -2.37. The molecule has 0 saturated heterocycles. The summed E-state index contributed by atoms with van der Waals surface area (Å²) in [6.45, 7) is 5.96. The van der Waals surface area contributed by atoms with Gasteiger partial charge in [0.05, 0.1) is 11.4 Å². The van der Waals surface area contributed by atoms with Gasteiger partial charge >= 0.3 is 11.9 Å². The number of aliphatic carboxylic acids is 2. The number of aromatic amines is 1. The van der Waals surface area contributed by atoms with E-state index in [9.17, 15) is 19.8 Å². The van der Waals surface area contributed by atoms with E-state index in [1.807, 2.05) is 18.2 Å². The van der Waals surface area contributed by atoms with Crippen LogP contribution in [0.3, 0.4) is 0 Å². The molecule has 0 unspecified atom stereocenters. The van der Waals surface area contributed by atoms with Crippen molar-refractivity contribution in [2.45, 2.75) is 38.9 Å². The van der Waals surface area contributed by atoms with E-state index in [2.05, 4.69) is 10.2 Å². The van der Waals surface area contributed by atoms with Gasteiger partial charge in [-0.15, -0.1) is 0 Å². The Morgan fingerprint density at radius 3 is 1.61 bits per heavy atom. The minimum absolute atomic E-state index is 0.451. The molecular formula is C23H24N2O6. The topological polar surface area (TPSA) is 122 Å². The number of aromatic nitrogens is 2. The maximum absolute atomic E-state index is 11.2. The van der Waals surface area contributed by atoms with Crippen LogP contribution in [0.25, 0.3) is 22.5 Å². The molecule has 31 heavy (non-hydrogen) atoms. The lowest BCUT2D eigenvalue weighted by Gasteiger charge is -2.21. The van der Waals surface area contributed by atoms with E-state index < -0.39 is 23.1 Å². The minimum atomic E-state index is -1.32. The van der Waals surface area contributed by atoms with Crippen LogP contribution in [0.2, 0.25) is 0 Å². The first kappa shape index (κ1) is 21.9. The summed E-state index contributed by atoms with van der Waals surface area (Å²) in [7, 11) is 0. The number of rotatable bonds is 8. The van der Waals surface area contributed by atoms with E-state index in [4.69, 9.17) is 9.47 Å². The summed E-state index contributed by atoms with van der Waals surface area (Å²) in [5, 5.41) is 25.7. The highest BCUT2D eigenvalue weighted by atomic mass is 16.5. The largest absolute Gasteiger partial charge is 0.478 e. The van der Waals surface area contributed by atoms with Crippen LogP contribution in [0, 0.1) is 0 Å². The van der Waals surface area contributed by atoms with Crippen LogP contribution in [0.1, 0.15) is 27.7 Å². The lowest BCUT2D eigenvalue weighted by atomic mass is 10.1. The number of carbonyl (C=O) groups is 2. The highest BCUT2D eigenvalue weighted by Gasteiger charge is 2.30. The third-order valence-electron chi connectivity index (χ3n) is 4.67. The van der Waals surface area contributed by atoms with E-state index >= 15 is 0 Å². The Hall–Kier alpha value is -3.81. The molecule has 1 heterocycles. The summed E-state index contributed by atoms with van der Waals surface area (Å²) in [5.74, 6) is -1.18. The molecule has 0 amide bonds. The number of benzene rings is 2. The zero-order valence-electron chi connectivity index (χ0n) is 17.7. The quantitative estimate of drug-likeness (QED) is 0.495. The highest BCUT2D eigenvalue weighted by molar-refractivity contribution is 5.77. The predicted octanol–water partition coefficient (Wildman–Crippen LogP) is 4.23. The number of ether oxygens (including phenoxy) is 2. The van der Waals surface area contributed by atoms with Gasteiger partial charge in [0.1, 0.15) is 11.5 Å². The van der Waals surface area contributed by atoms with Crippen molar-refractivity contribution in [3.63, 3.8) is 0 Å². The standard InChI is InChI=1S/C23H24N2O6/c1-22(2,20(26)27)30-16-9-5-14(6-10-16)18-13-19(25-24-18)15-7-11-17(12-8-15)31-23(3,4)21(28)29/h5-13H,1-4H3,(H,24,25)(H,26,27)(H,28,29). The molecule has 3 rings (SSSR count). The summed E-state index contributed by atoms with van der Waals surface area (Å²) in [6.07, 6.45) is 0. The van der Waals surface area contributed by atoms with Crippen molar-refractivity contribution in [2.24, 2.45) is 0 Å². The summed E-state index contributed by atoms with van der Waals surface area (Å²) >= 11 is 0. The number of hydrogen-bond acceptors (Lipinski definition) is 5. The van der Waals surface area contributed by atoms with Crippen molar-refractivity contribution >= 4 is 11.9 Å². The zero-order chi connectivity index (χ0) is 22.8. The van der Waals surface area contributed by atoms with Crippen LogP contribution < -0.4 is 9.47 Å². The first-order chi connectivity index (χ1) is 14.5. The first-order valence-electron chi connectivity index (χ1n) is 9.59. The molecular weight excluding hydrogens is 400 g/mol. The van der Waals surface area contributed by atoms with Crippen molar-refractivity contribution in [3.8, 4) is 34.0 Å². The second-order valence-electron chi connectivity index (χ2n) is 8.05. The van der Waals surface area contributed by atoms with Crippen molar-refractivity contribution in [3.05, 3.63) is 54.6 Å². The number of carboxylic acids is 2. The van der Waals surface area contributed by atoms with Crippen LogP contribution in [0.4, 0.5) is 0 Å². The highest BCUT2D eigenvalue weighted by Crippen LogP contribution is 2.28. The van der Waals surface area contributed by atoms with Gasteiger partial charge in [-0.1, -0.05) is 0 Å². The van der Waals surface area contributed by atoms with Gasteiger partial charge in [0.25, 0.3) is 0 Å². The number of H-pyrrole nitrogens is 1. The molecule has 0 aliphatic carbocycles. The van der Waals surface area contributed by atoms with Crippen LogP contribution in [-0.2, 0) is 9.59 Å². The van der Waals surface area contributed by atoms with E-state index in [0.29, 0.717) is 17.2 Å². The van der Waals surface area contributed by atoms with Gasteiger partial charge in [-0.2, -0.15) is 5.10 Å². The number of nitrogens with one attached hydrogen (secondary N) is 1. The average molecular weight is 424 g/mol. The van der Waals surface area contributed by atoms with Crippen LogP contribution in [0.5, 0.6) is 11.5 Å². The maximum Gasteiger partial charge on any atom is 0.347 e. The normalized spacial score (nSPS) is 11.7. The van der Waals surface area contributed by atoms with Gasteiger partial charge < -0.3 is 19.7 Å². The van der Waals surface area contributed by atoms with Crippen LogP contribution in [0.15, 0.2) is 54.6 Å². The van der Waals surface area contributed by atoms with Gasteiger partial charge in [0, 0.05) is 5.56 Å². The van der Waals surface area contributed by atoms with Crippen LogP contribution >= 0.6 is 0 Å². The molecule has 0 aliphatic heterocycles. The molecule has 0 spiro atoms. The molecule has 0 bridgehead atoms. The SMILES string of the molecule is CC(C)(Oc1ccc(-c2cc(-c3ccc(OC(C)(C)C(=O)O)cc3)[nH]n2)cc1)C(=O)O. The van der Waals surface area contributed by atoms with Gasteiger partial charge in [-0.25, -0.2) is 9.59 Å². The second kappa shape index (κ2) is 8.14. The molecule has 0 atom stereocenters. The van der Waals surface area contributed by atoms with E-state index in [-0.39, 0.29) is 0 Å². The molecule has 3 N–H and O–H groups in total. The zero-order valence-corrected chi connectivity index (χ0v) is 17.7. The fourth-order valence-electron chi connectivity index (χ4n) is 2.69. The van der Waals surface area contributed by atoms with Gasteiger partial charge in [0.15, 0.2) is 11.2 Å². The Balaban J connectivity index is 1.73. The average Bonchev–Trinajstić information content (AvgIpc) is 3.18. The third kappa shape index (κ3) is 5.03. The van der Waals surface area contributed by atoms with Crippen molar-refractivity contribution in [1.29, 1.82) is 0 Å². The van der Waals surface area contributed by atoms with E-state index in [1.165, 1.54) is 27.7 Å². The maximum atomic E-state index is 11.2. The summed E-state index contributed by atoms with van der Waals surface area (Å²) in [5.41, 5.74) is 0.556. The van der Waals surface area contributed by atoms with Crippen molar-refractivity contribution in [1.82, 2.24) is 10.2 Å². The Kier molecular flexibility index (Phi) is 5.75. The minimum Gasteiger partial charge on any atom is -0.478 e. The smallest absolute Gasteiger partial charge is 0.347 e. The Morgan fingerprint density at radius 1 is 0.774 bits per heavy atom. The van der Waals surface area contributed by atoms with Crippen molar-refractivity contribution < 1.29 is 29.3 Å². The molecule has 1 aromatic heterocycles. The van der Waals surface area contributed by atoms with Crippen LogP contribution in [-0.4, -0.2) is 43.6 Å². The molecule has 8 heteroatoms. The van der Waals surface area contributed by atoms with E-state index in [1.54, 1.807) is 36.4 Å². The molecule has 3 aromatic rings. The monoisotopic (exact) mass is 424 g/mol. The molecule has 162 valence electrons. The second-order valence-corrected chi connectivity index (χ2v) is 8.05.